The standard InChI is InChI=1S/C15H22ClNO/c1-18-15(12-17-8-3-2-4-9-17)11-13-6-5-7-14(16)10-13/h5-7,10,15H,2-4,8-9,11-12H2,1H3. The molecule has 0 spiro atoms. The quantitative estimate of drug-likeness (QED) is 0.811. The Morgan fingerprint density at radius 2 is 2.06 bits per heavy atom. The molecule has 1 atom stereocenters. The van der Waals surface area contributed by atoms with E-state index >= 15 is 0 Å². The summed E-state index contributed by atoms with van der Waals surface area (Å²) in [4.78, 5) is 2.52. The highest BCUT2D eigenvalue weighted by atomic mass is 35.5. The zero-order valence-electron chi connectivity index (χ0n) is 11.1. The molecular formula is C15H22ClNO. The van der Waals surface area contributed by atoms with Crippen LogP contribution in [0.3, 0.4) is 0 Å². The molecule has 1 aromatic carbocycles. The summed E-state index contributed by atoms with van der Waals surface area (Å²) in [6.07, 6.45) is 5.23. The van der Waals surface area contributed by atoms with E-state index in [2.05, 4.69) is 11.0 Å². The van der Waals surface area contributed by atoms with Crippen molar-refractivity contribution in [3.8, 4) is 0 Å². The van der Waals surface area contributed by atoms with Gasteiger partial charge in [0.05, 0.1) is 6.10 Å². The smallest absolute Gasteiger partial charge is 0.0738 e. The number of methoxy groups -OCH3 is 1. The van der Waals surface area contributed by atoms with E-state index in [0.717, 1.165) is 18.0 Å². The summed E-state index contributed by atoms with van der Waals surface area (Å²) in [7, 11) is 1.80. The van der Waals surface area contributed by atoms with Crippen LogP contribution in [0.2, 0.25) is 5.02 Å². The van der Waals surface area contributed by atoms with E-state index in [1.807, 2.05) is 18.2 Å². The minimum absolute atomic E-state index is 0.265. The first kappa shape index (κ1) is 13.9. The van der Waals surface area contributed by atoms with Crippen molar-refractivity contribution in [2.45, 2.75) is 31.8 Å². The van der Waals surface area contributed by atoms with Crippen LogP contribution in [0.4, 0.5) is 0 Å². The SMILES string of the molecule is COC(Cc1cccc(Cl)c1)CN1CCCCC1. The maximum absolute atomic E-state index is 6.01. The maximum atomic E-state index is 6.01. The Kier molecular flexibility index (Phi) is 5.48. The van der Waals surface area contributed by atoms with Crippen LogP contribution in [0, 0.1) is 0 Å². The van der Waals surface area contributed by atoms with E-state index in [0.29, 0.717) is 0 Å². The van der Waals surface area contributed by atoms with Crippen molar-refractivity contribution in [1.29, 1.82) is 0 Å². The van der Waals surface area contributed by atoms with E-state index < -0.39 is 0 Å². The van der Waals surface area contributed by atoms with Crippen LogP contribution in [-0.2, 0) is 11.2 Å². The van der Waals surface area contributed by atoms with Gasteiger partial charge in [0.25, 0.3) is 0 Å². The van der Waals surface area contributed by atoms with Gasteiger partial charge in [-0.2, -0.15) is 0 Å². The van der Waals surface area contributed by atoms with Crippen LogP contribution in [0.5, 0.6) is 0 Å². The van der Waals surface area contributed by atoms with Crippen molar-refractivity contribution < 1.29 is 4.74 Å². The Labute approximate surface area is 115 Å². The first-order valence-corrected chi connectivity index (χ1v) is 7.15. The molecule has 0 radical (unpaired) electrons. The summed E-state index contributed by atoms with van der Waals surface area (Å²) in [5.41, 5.74) is 1.26. The molecule has 0 N–H and O–H groups in total. The molecule has 100 valence electrons. The molecule has 2 rings (SSSR count). The van der Waals surface area contributed by atoms with Crippen molar-refractivity contribution >= 4 is 11.6 Å². The van der Waals surface area contributed by atoms with Gasteiger partial charge in [-0.25, -0.2) is 0 Å². The fraction of sp³-hybridized carbons (Fsp3) is 0.600. The molecule has 3 heteroatoms. The molecule has 18 heavy (non-hydrogen) atoms. The minimum Gasteiger partial charge on any atom is -0.380 e. The second-order valence-corrected chi connectivity index (χ2v) is 5.49. The molecule has 2 nitrogen and oxygen atoms in total. The lowest BCUT2D eigenvalue weighted by Crippen LogP contribution is -2.38. The second kappa shape index (κ2) is 7.13. The van der Waals surface area contributed by atoms with Gasteiger partial charge in [0.15, 0.2) is 0 Å². The number of ether oxygens (including phenoxy) is 1. The average molecular weight is 268 g/mol. The van der Waals surface area contributed by atoms with Crippen LogP contribution >= 0.6 is 11.6 Å². The molecule has 1 aliphatic rings. The lowest BCUT2D eigenvalue weighted by atomic mass is 10.1. The van der Waals surface area contributed by atoms with Gasteiger partial charge in [-0.15, -0.1) is 0 Å². The topological polar surface area (TPSA) is 12.5 Å². The van der Waals surface area contributed by atoms with Gasteiger partial charge in [-0.05, 0) is 50.0 Å². The van der Waals surface area contributed by atoms with Crippen LogP contribution in [0.25, 0.3) is 0 Å². The van der Waals surface area contributed by atoms with E-state index in [1.165, 1.54) is 37.9 Å². The summed E-state index contributed by atoms with van der Waals surface area (Å²) < 4.78 is 5.61. The number of rotatable bonds is 5. The summed E-state index contributed by atoms with van der Waals surface area (Å²) in [6.45, 7) is 3.47. The number of piperidine rings is 1. The number of hydrogen-bond acceptors (Lipinski definition) is 2. The predicted octanol–water partition coefficient (Wildman–Crippen LogP) is 3.38. The van der Waals surface area contributed by atoms with E-state index in [4.69, 9.17) is 16.3 Å². The molecule has 0 aliphatic carbocycles. The molecule has 0 amide bonds. The number of benzene rings is 1. The third kappa shape index (κ3) is 4.27. The van der Waals surface area contributed by atoms with Crippen molar-refractivity contribution in [1.82, 2.24) is 4.90 Å². The monoisotopic (exact) mass is 267 g/mol. The Balaban J connectivity index is 1.88. The molecule has 1 aromatic rings. The molecule has 1 heterocycles. The van der Waals surface area contributed by atoms with Gasteiger partial charge in [-0.3, -0.25) is 0 Å². The Bertz CT molecular complexity index is 363. The summed E-state index contributed by atoms with van der Waals surface area (Å²) >= 11 is 6.01. The second-order valence-electron chi connectivity index (χ2n) is 5.05. The molecule has 1 unspecified atom stereocenters. The van der Waals surface area contributed by atoms with E-state index in [9.17, 15) is 0 Å². The normalized spacial score (nSPS) is 18.8. The minimum atomic E-state index is 0.265. The first-order chi connectivity index (χ1) is 8.78. The fourth-order valence-corrected chi connectivity index (χ4v) is 2.79. The fourth-order valence-electron chi connectivity index (χ4n) is 2.58. The molecule has 0 bridgehead atoms. The summed E-state index contributed by atoms with van der Waals surface area (Å²) in [5, 5.41) is 0.806. The molecular weight excluding hydrogens is 246 g/mol. The Morgan fingerprint density at radius 1 is 1.28 bits per heavy atom. The first-order valence-electron chi connectivity index (χ1n) is 6.77. The largest absolute Gasteiger partial charge is 0.380 e. The highest BCUT2D eigenvalue weighted by molar-refractivity contribution is 6.30. The van der Waals surface area contributed by atoms with Gasteiger partial charge in [0.1, 0.15) is 0 Å². The van der Waals surface area contributed by atoms with Crippen LogP contribution in [-0.4, -0.2) is 37.7 Å². The highest BCUT2D eigenvalue weighted by Gasteiger charge is 2.16. The zero-order chi connectivity index (χ0) is 12.8. The van der Waals surface area contributed by atoms with Gasteiger partial charge in [-0.1, -0.05) is 30.2 Å². The summed E-state index contributed by atoms with van der Waals surface area (Å²) in [6, 6.07) is 8.07. The number of hydrogen-bond donors (Lipinski definition) is 0. The van der Waals surface area contributed by atoms with Crippen molar-refractivity contribution in [3.05, 3.63) is 34.9 Å². The van der Waals surface area contributed by atoms with Gasteiger partial charge in [0, 0.05) is 18.7 Å². The average Bonchev–Trinajstić information content (AvgIpc) is 2.39. The van der Waals surface area contributed by atoms with Crippen LogP contribution in [0.1, 0.15) is 24.8 Å². The van der Waals surface area contributed by atoms with Gasteiger partial charge in [0.2, 0.25) is 0 Å². The van der Waals surface area contributed by atoms with Crippen molar-refractivity contribution in [3.63, 3.8) is 0 Å². The van der Waals surface area contributed by atoms with Gasteiger partial charge < -0.3 is 9.64 Å². The molecule has 1 saturated heterocycles. The third-order valence-electron chi connectivity index (χ3n) is 3.60. The lowest BCUT2D eigenvalue weighted by molar-refractivity contribution is 0.0578. The van der Waals surface area contributed by atoms with Crippen molar-refractivity contribution in [2.75, 3.05) is 26.7 Å². The van der Waals surface area contributed by atoms with E-state index in [1.54, 1.807) is 7.11 Å². The highest BCUT2D eigenvalue weighted by Crippen LogP contribution is 2.15. The predicted molar refractivity (Wildman–Crippen MR) is 76.2 cm³/mol. The van der Waals surface area contributed by atoms with E-state index in [-0.39, 0.29) is 6.10 Å². The third-order valence-corrected chi connectivity index (χ3v) is 3.83. The zero-order valence-corrected chi connectivity index (χ0v) is 11.8. The van der Waals surface area contributed by atoms with Crippen molar-refractivity contribution in [2.24, 2.45) is 0 Å². The summed E-state index contributed by atoms with van der Waals surface area (Å²) in [5.74, 6) is 0. The lowest BCUT2D eigenvalue weighted by Gasteiger charge is -2.29. The van der Waals surface area contributed by atoms with Crippen LogP contribution < -0.4 is 0 Å². The Hall–Kier alpha value is -0.570. The molecule has 0 aromatic heterocycles. The maximum Gasteiger partial charge on any atom is 0.0738 e. The molecule has 1 fully saturated rings. The number of halogens is 1. The van der Waals surface area contributed by atoms with Crippen LogP contribution in [0.15, 0.2) is 24.3 Å². The number of likely N-dealkylation sites (tertiary alicyclic amines) is 1. The number of nitrogens with zero attached hydrogens (tertiary/aromatic N) is 1. The molecule has 0 saturated carbocycles. The van der Waals surface area contributed by atoms with Gasteiger partial charge >= 0.3 is 0 Å². The Morgan fingerprint density at radius 3 is 2.72 bits per heavy atom. The molecule has 1 aliphatic heterocycles.